The molecule has 2 heterocycles. The summed E-state index contributed by atoms with van der Waals surface area (Å²) in [5.41, 5.74) is 2.12. The van der Waals surface area contributed by atoms with E-state index in [1.807, 2.05) is 18.5 Å². The van der Waals surface area contributed by atoms with Crippen LogP contribution in [-0.4, -0.2) is 15.0 Å². The van der Waals surface area contributed by atoms with E-state index in [2.05, 4.69) is 21.0 Å². The van der Waals surface area contributed by atoms with Crippen molar-refractivity contribution in [1.29, 1.82) is 0 Å². The quantitative estimate of drug-likeness (QED) is 0.515. The number of nitrogens with zero attached hydrogens (tertiary/aromatic N) is 1. The zero-order chi connectivity index (χ0) is 7.97. The molecule has 0 fully saturated rings. The molecule has 3 nitrogen and oxygen atoms in total. The lowest BCUT2D eigenvalue weighted by atomic mass is 10.2. The van der Waals surface area contributed by atoms with Crippen LogP contribution in [-0.2, 0) is 0 Å². The Morgan fingerprint density at radius 3 is 3.17 bits per heavy atom. The number of aromatic amines is 2. The number of imidazole rings is 1. The fraction of sp³-hybridized carbons (Fsp3) is 0. The summed E-state index contributed by atoms with van der Waals surface area (Å²) < 4.78 is 0. The van der Waals surface area contributed by atoms with E-state index in [0.29, 0.717) is 0 Å². The minimum Gasteiger partial charge on any atom is -0.366 e. The third-order valence-corrected chi connectivity index (χ3v) is 2.13. The zero-order valence-electron chi connectivity index (χ0n) is 6.33. The van der Waals surface area contributed by atoms with Crippen LogP contribution in [0.15, 0.2) is 30.9 Å². The fourth-order valence-corrected chi connectivity index (χ4v) is 1.54. The molecule has 0 saturated heterocycles. The SMILES string of the molecule is c1nc2c(ccc3c[nH]cc32)[nH]1. The van der Waals surface area contributed by atoms with Crippen molar-refractivity contribution < 1.29 is 0 Å². The first-order valence-electron chi connectivity index (χ1n) is 3.84. The Hall–Kier alpha value is -1.77. The van der Waals surface area contributed by atoms with Crippen molar-refractivity contribution in [3.63, 3.8) is 0 Å². The summed E-state index contributed by atoms with van der Waals surface area (Å²) in [6.45, 7) is 0. The molecule has 3 heteroatoms. The van der Waals surface area contributed by atoms with Gasteiger partial charge in [0.1, 0.15) is 0 Å². The highest BCUT2D eigenvalue weighted by Crippen LogP contribution is 2.21. The minimum atomic E-state index is 1.04. The molecular formula is C9H7N3. The van der Waals surface area contributed by atoms with Crippen LogP contribution in [0, 0.1) is 0 Å². The van der Waals surface area contributed by atoms with Crippen molar-refractivity contribution >= 4 is 21.8 Å². The van der Waals surface area contributed by atoms with Gasteiger partial charge < -0.3 is 9.97 Å². The molecule has 2 aromatic heterocycles. The standard InChI is InChI=1S/C9H7N3/c1-2-8-9(12-5-11-8)7-4-10-3-6(1)7/h1-5,10H,(H,11,12). The third-order valence-electron chi connectivity index (χ3n) is 2.13. The summed E-state index contributed by atoms with van der Waals surface area (Å²) in [6.07, 6.45) is 5.67. The summed E-state index contributed by atoms with van der Waals surface area (Å²) in [7, 11) is 0. The molecule has 3 aromatic rings. The van der Waals surface area contributed by atoms with Crippen LogP contribution in [0.1, 0.15) is 0 Å². The molecule has 0 aliphatic carbocycles. The summed E-state index contributed by atoms with van der Waals surface area (Å²) in [5.74, 6) is 0. The van der Waals surface area contributed by atoms with E-state index in [-0.39, 0.29) is 0 Å². The molecule has 12 heavy (non-hydrogen) atoms. The first kappa shape index (κ1) is 5.83. The largest absolute Gasteiger partial charge is 0.366 e. The first-order chi connectivity index (χ1) is 5.95. The van der Waals surface area contributed by atoms with Crippen molar-refractivity contribution in [3.05, 3.63) is 30.9 Å². The second kappa shape index (κ2) is 1.88. The molecule has 0 amide bonds. The highest BCUT2D eigenvalue weighted by Gasteiger charge is 2.01. The van der Waals surface area contributed by atoms with E-state index in [4.69, 9.17) is 0 Å². The van der Waals surface area contributed by atoms with Gasteiger partial charge in [-0.05, 0) is 6.07 Å². The highest BCUT2D eigenvalue weighted by molar-refractivity contribution is 6.03. The molecule has 0 radical (unpaired) electrons. The molecule has 58 valence electrons. The second-order valence-corrected chi connectivity index (χ2v) is 2.82. The van der Waals surface area contributed by atoms with Gasteiger partial charge in [0.05, 0.1) is 17.4 Å². The van der Waals surface area contributed by atoms with Crippen molar-refractivity contribution in [2.24, 2.45) is 0 Å². The molecule has 1 aromatic carbocycles. The van der Waals surface area contributed by atoms with Gasteiger partial charge in [0.25, 0.3) is 0 Å². The Labute approximate surface area is 68.4 Å². The molecule has 0 saturated carbocycles. The summed E-state index contributed by atoms with van der Waals surface area (Å²) >= 11 is 0. The number of H-pyrrole nitrogens is 2. The van der Waals surface area contributed by atoms with Gasteiger partial charge in [-0.1, -0.05) is 6.07 Å². The number of hydrogen-bond acceptors (Lipinski definition) is 1. The lowest BCUT2D eigenvalue weighted by molar-refractivity contribution is 1.35. The zero-order valence-corrected chi connectivity index (χ0v) is 6.33. The van der Waals surface area contributed by atoms with E-state index in [0.717, 1.165) is 11.0 Å². The Morgan fingerprint density at radius 1 is 1.17 bits per heavy atom. The molecule has 0 spiro atoms. The molecule has 0 aliphatic rings. The van der Waals surface area contributed by atoms with E-state index < -0.39 is 0 Å². The number of rotatable bonds is 0. The number of nitrogens with one attached hydrogen (secondary N) is 2. The molecule has 0 atom stereocenters. The Morgan fingerprint density at radius 2 is 2.17 bits per heavy atom. The van der Waals surface area contributed by atoms with Gasteiger partial charge in [0.15, 0.2) is 0 Å². The molecule has 0 bridgehead atoms. The number of fused-ring (bicyclic) bond motifs is 3. The van der Waals surface area contributed by atoms with Crippen LogP contribution in [0.25, 0.3) is 21.8 Å². The maximum absolute atomic E-state index is 4.24. The van der Waals surface area contributed by atoms with Gasteiger partial charge in [-0.2, -0.15) is 0 Å². The van der Waals surface area contributed by atoms with Gasteiger partial charge in [-0.3, -0.25) is 0 Å². The Bertz CT molecular complexity index is 483. The van der Waals surface area contributed by atoms with Crippen molar-refractivity contribution in [2.45, 2.75) is 0 Å². The average Bonchev–Trinajstić information content (AvgIpc) is 2.71. The van der Waals surface area contributed by atoms with Crippen LogP contribution in [0.3, 0.4) is 0 Å². The minimum absolute atomic E-state index is 1.04. The normalized spacial score (nSPS) is 11.3. The Balaban J connectivity index is 2.71. The van der Waals surface area contributed by atoms with Crippen molar-refractivity contribution in [2.75, 3.05) is 0 Å². The maximum Gasteiger partial charge on any atom is 0.0976 e. The predicted molar refractivity (Wildman–Crippen MR) is 48.0 cm³/mol. The third kappa shape index (κ3) is 0.580. The van der Waals surface area contributed by atoms with Crippen molar-refractivity contribution in [3.8, 4) is 0 Å². The smallest absolute Gasteiger partial charge is 0.0976 e. The van der Waals surface area contributed by atoms with E-state index >= 15 is 0 Å². The summed E-state index contributed by atoms with van der Waals surface area (Å²) in [6, 6.07) is 4.12. The Kier molecular flexibility index (Phi) is 0.913. The van der Waals surface area contributed by atoms with Crippen LogP contribution in [0.5, 0.6) is 0 Å². The van der Waals surface area contributed by atoms with Crippen LogP contribution in [0.2, 0.25) is 0 Å². The predicted octanol–water partition coefficient (Wildman–Crippen LogP) is 2.04. The van der Waals surface area contributed by atoms with Gasteiger partial charge >= 0.3 is 0 Å². The average molecular weight is 157 g/mol. The maximum atomic E-state index is 4.24. The lowest BCUT2D eigenvalue weighted by Crippen LogP contribution is -1.69. The molecule has 2 N–H and O–H groups in total. The van der Waals surface area contributed by atoms with Gasteiger partial charge in [0, 0.05) is 23.2 Å². The van der Waals surface area contributed by atoms with Gasteiger partial charge in [0.2, 0.25) is 0 Å². The summed E-state index contributed by atoms with van der Waals surface area (Å²) in [4.78, 5) is 10.4. The van der Waals surface area contributed by atoms with E-state index in [1.165, 1.54) is 10.8 Å². The highest BCUT2D eigenvalue weighted by atomic mass is 14.9. The second-order valence-electron chi connectivity index (χ2n) is 2.82. The van der Waals surface area contributed by atoms with E-state index in [9.17, 15) is 0 Å². The van der Waals surface area contributed by atoms with Crippen LogP contribution < -0.4 is 0 Å². The first-order valence-corrected chi connectivity index (χ1v) is 3.84. The molecule has 3 rings (SSSR count). The van der Waals surface area contributed by atoms with E-state index in [1.54, 1.807) is 6.33 Å². The fourth-order valence-electron chi connectivity index (χ4n) is 1.54. The number of benzene rings is 1. The van der Waals surface area contributed by atoms with Crippen LogP contribution in [0.4, 0.5) is 0 Å². The molecular weight excluding hydrogens is 150 g/mol. The molecule has 0 aliphatic heterocycles. The number of hydrogen-bond donors (Lipinski definition) is 2. The van der Waals surface area contributed by atoms with Gasteiger partial charge in [-0.15, -0.1) is 0 Å². The van der Waals surface area contributed by atoms with Gasteiger partial charge in [-0.25, -0.2) is 4.98 Å². The van der Waals surface area contributed by atoms with Crippen LogP contribution >= 0.6 is 0 Å². The lowest BCUT2D eigenvalue weighted by Gasteiger charge is -1.89. The topological polar surface area (TPSA) is 44.5 Å². The molecule has 0 unspecified atom stereocenters. The monoisotopic (exact) mass is 157 g/mol. The number of aromatic nitrogens is 3. The summed E-state index contributed by atoms with van der Waals surface area (Å²) in [5, 5.41) is 2.38. The van der Waals surface area contributed by atoms with Crippen molar-refractivity contribution in [1.82, 2.24) is 15.0 Å².